The van der Waals surface area contributed by atoms with Crippen LogP contribution in [0, 0.1) is 0 Å². The van der Waals surface area contributed by atoms with Crippen LogP contribution in [0.25, 0.3) is 11.1 Å². The lowest BCUT2D eigenvalue weighted by Crippen LogP contribution is -1.99. The van der Waals surface area contributed by atoms with Crippen molar-refractivity contribution in [2.45, 2.75) is 6.42 Å². The standard InChI is InChI=1S/C9H6BrNO3/c10-9-11-6-2-1-5(4-8(12)13)3-7(6)14-9/h1-3H,4H2,(H,12,13). The smallest absolute Gasteiger partial charge is 0.307 e. The maximum absolute atomic E-state index is 10.5. The molecule has 1 aromatic heterocycles. The third kappa shape index (κ3) is 1.77. The van der Waals surface area contributed by atoms with Crippen molar-refractivity contribution in [1.82, 2.24) is 4.98 Å². The van der Waals surface area contributed by atoms with Gasteiger partial charge >= 0.3 is 5.97 Å². The number of carboxylic acid groups (broad SMARTS) is 1. The number of benzene rings is 1. The van der Waals surface area contributed by atoms with Crippen molar-refractivity contribution in [1.29, 1.82) is 0 Å². The van der Waals surface area contributed by atoms with Crippen LogP contribution in [0.2, 0.25) is 0 Å². The molecule has 0 aliphatic rings. The minimum atomic E-state index is -0.858. The molecule has 2 aromatic rings. The zero-order valence-electron chi connectivity index (χ0n) is 7.03. The molecule has 1 N–H and O–H groups in total. The Hall–Kier alpha value is -1.36. The second-order valence-corrected chi connectivity index (χ2v) is 3.52. The van der Waals surface area contributed by atoms with Crippen LogP contribution in [0.3, 0.4) is 0 Å². The summed E-state index contributed by atoms with van der Waals surface area (Å²) in [6.07, 6.45) is -0.00570. The molecule has 4 nitrogen and oxygen atoms in total. The van der Waals surface area contributed by atoms with Gasteiger partial charge in [0, 0.05) is 15.9 Å². The maximum atomic E-state index is 10.5. The Balaban J connectivity index is 2.45. The van der Waals surface area contributed by atoms with Crippen LogP contribution in [0.5, 0.6) is 0 Å². The maximum Gasteiger partial charge on any atom is 0.307 e. The molecule has 0 aliphatic carbocycles. The highest BCUT2D eigenvalue weighted by Crippen LogP contribution is 2.20. The molecule has 0 bridgehead atoms. The normalized spacial score (nSPS) is 10.6. The van der Waals surface area contributed by atoms with Crippen LogP contribution in [0.1, 0.15) is 5.56 Å². The van der Waals surface area contributed by atoms with Crippen LogP contribution >= 0.6 is 15.9 Å². The molecule has 2 rings (SSSR count). The van der Waals surface area contributed by atoms with E-state index in [-0.39, 0.29) is 6.42 Å². The van der Waals surface area contributed by atoms with Gasteiger partial charge in [0.2, 0.25) is 0 Å². The minimum Gasteiger partial charge on any atom is -0.481 e. The highest BCUT2D eigenvalue weighted by atomic mass is 79.9. The van der Waals surface area contributed by atoms with Crippen molar-refractivity contribution in [2.75, 3.05) is 0 Å². The Morgan fingerprint density at radius 2 is 2.36 bits per heavy atom. The molecule has 5 heteroatoms. The molecule has 0 fully saturated rings. The first-order valence-electron chi connectivity index (χ1n) is 3.92. The van der Waals surface area contributed by atoms with E-state index in [0.717, 1.165) is 0 Å². The average molecular weight is 256 g/mol. The lowest BCUT2D eigenvalue weighted by atomic mass is 10.1. The summed E-state index contributed by atoms with van der Waals surface area (Å²) in [6.45, 7) is 0. The number of carboxylic acids is 1. The molecule has 0 saturated heterocycles. The van der Waals surface area contributed by atoms with E-state index in [1.807, 2.05) is 0 Å². The number of carbonyl (C=O) groups is 1. The molecule has 14 heavy (non-hydrogen) atoms. The number of halogens is 1. The number of aromatic nitrogens is 1. The van der Waals surface area contributed by atoms with E-state index in [4.69, 9.17) is 9.52 Å². The van der Waals surface area contributed by atoms with Crippen molar-refractivity contribution in [3.63, 3.8) is 0 Å². The van der Waals surface area contributed by atoms with Crippen molar-refractivity contribution in [3.8, 4) is 0 Å². The van der Waals surface area contributed by atoms with E-state index < -0.39 is 5.97 Å². The molecule has 0 aliphatic heterocycles. The van der Waals surface area contributed by atoms with Crippen molar-refractivity contribution >= 4 is 33.0 Å². The first-order chi connectivity index (χ1) is 6.65. The minimum absolute atomic E-state index is 0.00570. The average Bonchev–Trinajstić information content (AvgIpc) is 2.42. The zero-order chi connectivity index (χ0) is 10.1. The van der Waals surface area contributed by atoms with E-state index in [1.54, 1.807) is 18.2 Å². The molecular weight excluding hydrogens is 250 g/mol. The van der Waals surface area contributed by atoms with Gasteiger partial charge in [-0.1, -0.05) is 6.07 Å². The van der Waals surface area contributed by atoms with Gasteiger partial charge in [-0.05, 0) is 17.7 Å². The molecular formula is C9H6BrNO3. The highest BCUT2D eigenvalue weighted by molar-refractivity contribution is 9.10. The molecule has 0 saturated carbocycles. The second kappa shape index (κ2) is 3.42. The fraction of sp³-hybridized carbons (Fsp3) is 0.111. The summed E-state index contributed by atoms with van der Waals surface area (Å²) in [5, 5.41) is 8.59. The number of nitrogens with zero attached hydrogens (tertiary/aromatic N) is 1. The van der Waals surface area contributed by atoms with Gasteiger partial charge in [-0.15, -0.1) is 0 Å². The largest absolute Gasteiger partial charge is 0.481 e. The fourth-order valence-corrected chi connectivity index (χ4v) is 1.59. The van der Waals surface area contributed by atoms with Gasteiger partial charge in [0.15, 0.2) is 5.58 Å². The quantitative estimate of drug-likeness (QED) is 0.894. The summed E-state index contributed by atoms with van der Waals surface area (Å²) in [6, 6.07) is 5.15. The summed E-state index contributed by atoms with van der Waals surface area (Å²) in [7, 11) is 0. The highest BCUT2D eigenvalue weighted by Gasteiger charge is 2.06. The molecule has 1 heterocycles. The Morgan fingerprint density at radius 1 is 1.57 bits per heavy atom. The molecule has 1 aromatic carbocycles. The van der Waals surface area contributed by atoms with Gasteiger partial charge in [0.1, 0.15) is 5.52 Å². The van der Waals surface area contributed by atoms with E-state index in [9.17, 15) is 4.79 Å². The predicted molar refractivity (Wildman–Crippen MR) is 53.0 cm³/mol. The van der Waals surface area contributed by atoms with Crippen LogP contribution < -0.4 is 0 Å². The van der Waals surface area contributed by atoms with E-state index in [2.05, 4.69) is 20.9 Å². The SMILES string of the molecule is O=C(O)Cc1ccc2nc(Br)oc2c1. The number of oxazole rings is 1. The Kier molecular flexibility index (Phi) is 2.25. The van der Waals surface area contributed by atoms with Crippen LogP contribution in [0.15, 0.2) is 27.4 Å². The van der Waals surface area contributed by atoms with Gasteiger partial charge in [-0.2, -0.15) is 0 Å². The number of rotatable bonds is 2. The predicted octanol–water partition coefficient (Wildman–Crippen LogP) is 2.22. The van der Waals surface area contributed by atoms with Crippen molar-refractivity contribution in [3.05, 3.63) is 28.6 Å². The first-order valence-corrected chi connectivity index (χ1v) is 4.71. The monoisotopic (exact) mass is 255 g/mol. The molecule has 0 radical (unpaired) electrons. The molecule has 0 spiro atoms. The van der Waals surface area contributed by atoms with Crippen molar-refractivity contribution in [2.24, 2.45) is 0 Å². The lowest BCUT2D eigenvalue weighted by molar-refractivity contribution is -0.136. The molecule has 0 unspecified atom stereocenters. The Labute approximate surface area is 87.7 Å². The molecule has 72 valence electrons. The molecule has 0 amide bonds. The summed E-state index contributed by atoms with van der Waals surface area (Å²) in [5.74, 6) is -0.858. The number of fused-ring (bicyclic) bond motifs is 1. The third-order valence-corrected chi connectivity index (χ3v) is 2.12. The summed E-state index contributed by atoms with van der Waals surface area (Å²) >= 11 is 3.11. The number of hydrogen-bond donors (Lipinski definition) is 1. The second-order valence-electron chi connectivity index (χ2n) is 2.84. The Bertz CT molecular complexity index is 492. The van der Waals surface area contributed by atoms with Gasteiger partial charge in [-0.25, -0.2) is 4.98 Å². The van der Waals surface area contributed by atoms with Crippen LogP contribution in [-0.2, 0) is 11.2 Å². The van der Waals surface area contributed by atoms with Gasteiger partial charge in [0.25, 0.3) is 4.80 Å². The summed E-state index contributed by atoms with van der Waals surface area (Å²) in [4.78, 5) is 14.9. The van der Waals surface area contributed by atoms with Crippen LogP contribution in [-0.4, -0.2) is 16.1 Å². The van der Waals surface area contributed by atoms with Gasteiger partial charge in [0.05, 0.1) is 6.42 Å². The van der Waals surface area contributed by atoms with Gasteiger partial charge in [-0.3, -0.25) is 4.79 Å². The van der Waals surface area contributed by atoms with E-state index in [1.165, 1.54) is 0 Å². The fourth-order valence-electron chi connectivity index (χ4n) is 1.23. The summed E-state index contributed by atoms with van der Waals surface area (Å²) in [5.41, 5.74) is 2.01. The lowest BCUT2D eigenvalue weighted by Gasteiger charge is -1.94. The number of hydrogen-bond acceptors (Lipinski definition) is 3. The zero-order valence-corrected chi connectivity index (χ0v) is 8.61. The number of aliphatic carboxylic acids is 1. The van der Waals surface area contributed by atoms with Crippen LogP contribution in [0.4, 0.5) is 0 Å². The van der Waals surface area contributed by atoms with Gasteiger partial charge < -0.3 is 9.52 Å². The van der Waals surface area contributed by atoms with Crippen molar-refractivity contribution < 1.29 is 14.3 Å². The summed E-state index contributed by atoms with van der Waals surface area (Å²) < 4.78 is 5.20. The Morgan fingerprint density at radius 3 is 3.07 bits per heavy atom. The molecule has 0 atom stereocenters. The van der Waals surface area contributed by atoms with E-state index >= 15 is 0 Å². The third-order valence-electron chi connectivity index (χ3n) is 1.78. The topological polar surface area (TPSA) is 63.3 Å². The first kappa shape index (κ1) is 9.21. The van der Waals surface area contributed by atoms with E-state index in [0.29, 0.717) is 21.5 Å².